The molecule has 1 saturated heterocycles. The molecule has 0 aliphatic carbocycles. The zero-order chi connectivity index (χ0) is 54.0. The molecule has 4 N–H and O–H groups in total. The van der Waals surface area contributed by atoms with Crippen molar-refractivity contribution in [1.29, 1.82) is 0 Å². The second kappa shape index (κ2) is 25.3. The number of aliphatic hydroxyl groups is 1. The summed E-state index contributed by atoms with van der Waals surface area (Å²) in [6, 6.07) is 14.9. The van der Waals surface area contributed by atoms with E-state index in [9.17, 15) is 51.4 Å². The molecule has 6 heterocycles. The van der Waals surface area contributed by atoms with E-state index in [4.69, 9.17) is 9.84 Å². The first-order chi connectivity index (χ1) is 35.0. The van der Waals surface area contributed by atoms with E-state index in [2.05, 4.69) is 10.6 Å². The molecule has 22 heteroatoms. The van der Waals surface area contributed by atoms with Crippen molar-refractivity contribution in [3.8, 4) is 11.5 Å². The second-order valence-electron chi connectivity index (χ2n) is 19.3. The van der Waals surface area contributed by atoms with Gasteiger partial charge in [0.2, 0.25) is 10.9 Å². The number of pyridine rings is 2. The Kier molecular flexibility index (Phi) is 20.4. The van der Waals surface area contributed by atoms with Crippen LogP contribution >= 0.6 is 0 Å². The molecule has 9 rings (SSSR count). The summed E-state index contributed by atoms with van der Waals surface area (Å²) in [5.41, 5.74) is -2.81. The van der Waals surface area contributed by atoms with E-state index >= 15 is 0 Å². The molecule has 4 aliphatic rings. The van der Waals surface area contributed by atoms with Crippen molar-refractivity contribution in [2.45, 2.75) is 112 Å². The van der Waals surface area contributed by atoms with Crippen molar-refractivity contribution in [2.24, 2.45) is 0 Å². The van der Waals surface area contributed by atoms with E-state index in [1.54, 1.807) is 16.7 Å². The summed E-state index contributed by atoms with van der Waals surface area (Å²) < 4.78 is 63.2. The van der Waals surface area contributed by atoms with Gasteiger partial charge in [-0.25, -0.2) is 17.6 Å². The third-order valence-electron chi connectivity index (χ3n) is 13.3. The minimum atomic E-state index is -0.992. The molecule has 0 spiro atoms. The topological polar surface area (TPSA) is 199 Å². The number of hydrogen-bond acceptors (Lipinski definition) is 11. The number of rotatable bonds is 9. The molecule has 2 atom stereocenters. The predicted molar refractivity (Wildman–Crippen MR) is 279 cm³/mol. The predicted octanol–water partition coefficient (Wildman–Crippen LogP) is 6.88. The van der Waals surface area contributed by atoms with Crippen molar-refractivity contribution < 1.29 is 72.1 Å². The van der Waals surface area contributed by atoms with E-state index < -0.39 is 74.6 Å². The summed E-state index contributed by atoms with van der Waals surface area (Å²) in [6.07, 6.45) is 7.94. The molecule has 4 bridgehead atoms. The zero-order valence-electron chi connectivity index (χ0n) is 43.2. The van der Waals surface area contributed by atoms with Gasteiger partial charge in [0, 0.05) is 87.4 Å². The fourth-order valence-electron chi connectivity index (χ4n) is 8.83. The van der Waals surface area contributed by atoms with Crippen LogP contribution in [0.3, 0.4) is 0 Å². The van der Waals surface area contributed by atoms with E-state index in [-0.39, 0.29) is 126 Å². The molecular weight excluding hydrogens is 1100 g/mol. The van der Waals surface area contributed by atoms with Gasteiger partial charge in [0.15, 0.2) is 22.9 Å². The van der Waals surface area contributed by atoms with Crippen LogP contribution in [-0.2, 0) is 40.1 Å². The molecule has 4 amide bonds. The molecule has 0 radical (unpaired) electrons. The van der Waals surface area contributed by atoms with Gasteiger partial charge in [-0.15, -0.1) is 0 Å². The van der Waals surface area contributed by atoms with Crippen LogP contribution in [0.15, 0.2) is 101 Å². The van der Waals surface area contributed by atoms with Crippen molar-refractivity contribution in [3.63, 3.8) is 0 Å². The Hall–Kier alpha value is -7.28. The van der Waals surface area contributed by atoms with Crippen LogP contribution in [0.1, 0.15) is 127 Å². The van der Waals surface area contributed by atoms with Gasteiger partial charge < -0.3 is 42.8 Å². The third-order valence-corrected chi connectivity index (χ3v) is 13.3. The molecular formula is C55H65F4N8O9Pd-. The minimum absolute atomic E-state index is 0. The van der Waals surface area contributed by atoms with Crippen LogP contribution in [0.2, 0.25) is 0 Å². The number of aromatic nitrogens is 2. The Labute approximate surface area is 458 Å². The maximum Gasteiger partial charge on any atom is 0.278 e. The Morgan fingerprint density at radius 2 is 1.23 bits per heavy atom. The fraction of sp³-hybridized carbons (Fsp3) is 0.364. The van der Waals surface area contributed by atoms with Gasteiger partial charge in [-0.05, 0) is 79.0 Å². The number of amides is 4. The van der Waals surface area contributed by atoms with Gasteiger partial charge in [0.05, 0.1) is 11.6 Å². The molecule has 77 heavy (non-hydrogen) atoms. The summed E-state index contributed by atoms with van der Waals surface area (Å²) in [6.45, 7) is 13.4. The van der Waals surface area contributed by atoms with E-state index in [1.165, 1.54) is 33.9 Å². The number of aromatic hydroxyl groups is 1. The first kappa shape index (κ1) is 62.3. The zero-order valence-corrected chi connectivity index (χ0v) is 44.8. The van der Waals surface area contributed by atoms with Gasteiger partial charge in [-0.3, -0.25) is 48.1 Å². The molecule has 418 valence electrons. The number of hydrogen-bond donors (Lipinski definition) is 4. The normalized spacial score (nSPS) is 17.1. The second-order valence-corrected chi connectivity index (χ2v) is 19.3. The Morgan fingerprint density at radius 1 is 0.740 bits per heavy atom. The molecule has 0 saturated carbocycles. The van der Waals surface area contributed by atoms with Crippen LogP contribution in [-0.4, -0.2) is 96.1 Å². The van der Waals surface area contributed by atoms with E-state index in [0.29, 0.717) is 6.07 Å². The largest absolute Gasteiger partial charge is 0.502 e. The van der Waals surface area contributed by atoms with Crippen molar-refractivity contribution in [1.82, 2.24) is 29.8 Å². The molecule has 1 fully saturated rings. The maximum atomic E-state index is 14.1. The number of nitrogens with zero attached hydrogens (tertiary/aromatic N) is 6. The maximum absolute atomic E-state index is 14.1. The number of halogens is 4. The first-order valence-corrected chi connectivity index (χ1v) is 23.9. The number of fused-ring (bicyclic) bond motifs is 8. The fourth-order valence-corrected chi connectivity index (χ4v) is 8.83. The van der Waals surface area contributed by atoms with Gasteiger partial charge in [-0.2, -0.15) is 0 Å². The van der Waals surface area contributed by atoms with Crippen molar-refractivity contribution in [2.75, 3.05) is 30.0 Å². The van der Waals surface area contributed by atoms with Crippen LogP contribution in [0, 0.1) is 30.7 Å². The molecule has 3 aromatic carbocycles. The SMILES string of the molecule is C.CCO.C[C@H]1C=CC(C)(C)N2CN1n1cc(C(=O)NCc3ccc(F)cc3F)c(=O)c(OCc3ccccc3)c1C2=O.C[C@H]1CCC(C)(C)N2CN1n1cc(C(=O)NCc3ccc(F)cc3F)c(=O)c(O)c1C2=O.[CH3-].[Pd]. The summed E-state index contributed by atoms with van der Waals surface area (Å²) in [5.74, 6) is -6.71. The van der Waals surface area contributed by atoms with Crippen LogP contribution in [0.5, 0.6) is 11.5 Å². The van der Waals surface area contributed by atoms with Gasteiger partial charge in [0.25, 0.3) is 23.6 Å². The molecule has 0 unspecified atom stereocenters. The smallest absolute Gasteiger partial charge is 0.278 e. The van der Waals surface area contributed by atoms with Gasteiger partial charge >= 0.3 is 0 Å². The number of carbonyl (C=O) groups excluding carboxylic acids is 4. The van der Waals surface area contributed by atoms with E-state index in [1.807, 2.05) is 94.0 Å². The minimum Gasteiger partial charge on any atom is -0.502 e. The molecule has 4 aliphatic heterocycles. The van der Waals surface area contributed by atoms with Crippen LogP contribution in [0.25, 0.3) is 0 Å². The number of ether oxygens (including phenoxy) is 1. The summed E-state index contributed by atoms with van der Waals surface area (Å²) in [4.78, 5) is 82.6. The number of aliphatic hydroxyl groups excluding tert-OH is 1. The van der Waals surface area contributed by atoms with Gasteiger partial charge in [-0.1, -0.05) is 62.0 Å². The average molecular weight is 1160 g/mol. The third kappa shape index (κ3) is 12.9. The van der Waals surface area contributed by atoms with Crippen molar-refractivity contribution >= 4 is 23.6 Å². The van der Waals surface area contributed by atoms with Crippen LogP contribution in [0.4, 0.5) is 17.6 Å². The standard InChI is InChI=1S/C29H28F2N4O4.C22H24F2N4O4.C2H6O.CH4.CH3.Pd/c1-18-11-12-29(2,3)33-17-35(18)34-15-22(27(37)32-14-20-9-10-21(30)13-23(20)31)25(36)26(24(34)28(33)38)39-16-19-7-5-4-6-8-19;1-12-6-7-22(2,3)26-11-28(12)27-10-15(18(29)19(30)17(27)21(26)32)20(31)25-9-13-4-5-14(23)8-16(13)24;1-2-3;;;/h4-13,15,18H,14,16-17H2,1-3H3,(H,32,37);4-5,8,10,12,30H,6-7,9,11H2,1-3H3,(H,25,31);3H,2H2,1H3;1H4;1H3;/q;;;;-1;/t18-;12-;;;;/m00..../s1. The number of benzene rings is 3. The van der Waals surface area contributed by atoms with Gasteiger partial charge in [0.1, 0.15) is 54.3 Å². The average Bonchev–Trinajstić information content (AvgIpc) is 3.53. The molecule has 17 nitrogen and oxygen atoms in total. The molecule has 2 aromatic heterocycles. The quantitative estimate of drug-likeness (QED) is 0.0520. The number of carbonyl (C=O) groups is 4. The Bertz CT molecular complexity index is 3150. The monoisotopic (exact) mass is 1160 g/mol. The number of nitrogens with one attached hydrogen (secondary N) is 2. The first-order valence-electron chi connectivity index (χ1n) is 23.9. The Balaban J connectivity index is 0.000000310. The molecule has 5 aromatic rings. The van der Waals surface area contributed by atoms with Crippen molar-refractivity contribution in [3.05, 3.63) is 182 Å². The Morgan fingerprint density at radius 3 is 1.77 bits per heavy atom. The van der Waals surface area contributed by atoms with Crippen LogP contribution < -0.4 is 36.2 Å². The van der Waals surface area contributed by atoms with E-state index in [0.717, 1.165) is 36.6 Å². The summed E-state index contributed by atoms with van der Waals surface area (Å²) >= 11 is 0. The summed E-state index contributed by atoms with van der Waals surface area (Å²) in [7, 11) is 0. The summed E-state index contributed by atoms with van der Waals surface area (Å²) in [5, 5.41) is 26.8.